The molecule has 0 aliphatic heterocycles. The van der Waals surface area contributed by atoms with E-state index >= 15 is 0 Å². The Labute approximate surface area is 51.4 Å². The van der Waals surface area contributed by atoms with Gasteiger partial charge in [-0.1, -0.05) is 0 Å². The number of halogens is 4. The molecule has 0 aromatic heterocycles. The highest BCUT2D eigenvalue weighted by atomic mass is 35.5. The lowest BCUT2D eigenvalue weighted by Gasteiger charge is -1.70. The fraction of sp³-hybridized carbons (Fsp3) is 1.00. The van der Waals surface area contributed by atoms with E-state index in [9.17, 15) is 8.78 Å². The van der Waals surface area contributed by atoms with Crippen LogP contribution in [0, 0.1) is 0 Å². The highest BCUT2D eigenvalue weighted by molar-refractivity contribution is 6.40. The molecule has 0 radical (unpaired) electrons. The topological polar surface area (TPSA) is 0 Å². The van der Waals surface area contributed by atoms with Crippen molar-refractivity contribution in [1.29, 1.82) is 0 Å². The van der Waals surface area contributed by atoms with Gasteiger partial charge in [-0.05, 0) is 6.92 Å². The highest BCUT2D eigenvalue weighted by Crippen LogP contribution is 1.82. The third-order valence-corrected chi connectivity index (χ3v) is 0. The van der Waals surface area contributed by atoms with Crippen molar-refractivity contribution >= 4 is 23.2 Å². The third kappa shape index (κ3) is 656. The molecule has 0 saturated heterocycles. The summed E-state index contributed by atoms with van der Waals surface area (Å²) in [6, 6.07) is 0. The summed E-state index contributed by atoms with van der Waals surface area (Å²) in [6.07, 6.45) is -2.17. The highest BCUT2D eigenvalue weighted by Gasteiger charge is 1.79. The van der Waals surface area contributed by atoms with Crippen molar-refractivity contribution in [2.45, 2.75) is 13.3 Å². The minimum Gasteiger partial charge on any atom is -0.211 e. The first kappa shape index (κ1) is 10.4. The molecule has 0 fully saturated rings. The van der Waals surface area contributed by atoms with E-state index in [2.05, 4.69) is 0 Å². The van der Waals surface area contributed by atoms with E-state index in [0.717, 1.165) is 6.92 Å². The van der Waals surface area contributed by atoms with Crippen LogP contribution in [-0.4, -0.2) is 11.8 Å². The standard InChI is InChI=1S/C2H4F2.CH2Cl2/c1-2(3)4;2-1-3/h2H,1H3;1H2. The van der Waals surface area contributed by atoms with Crippen LogP contribution in [0.15, 0.2) is 0 Å². The second-order valence-corrected chi connectivity index (χ2v) is 1.43. The summed E-state index contributed by atoms with van der Waals surface area (Å²) in [5.41, 5.74) is 0. The average molecular weight is 151 g/mol. The zero-order chi connectivity index (χ0) is 6.28. The molecule has 4 heteroatoms. The molecule has 0 N–H and O–H groups in total. The van der Waals surface area contributed by atoms with Gasteiger partial charge in [0.05, 0.1) is 5.34 Å². The fourth-order valence-corrected chi connectivity index (χ4v) is 0. The summed E-state index contributed by atoms with van der Waals surface area (Å²) in [7, 11) is 0. The molecule has 0 aliphatic rings. The van der Waals surface area contributed by atoms with E-state index < -0.39 is 6.43 Å². The number of alkyl halides is 4. The quantitative estimate of drug-likeness (QED) is 0.467. The van der Waals surface area contributed by atoms with Crippen molar-refractivity contribution in [3.05, 3.63) is 0 Å². The molecule has 7 heavy (non-hydrogen) atoms. The first-order valence-electron chi connectivity index (χ1n) is 1.55. The smallest absolute Gasteiger partial charge is 0.211 e. The van der Waals surface area contributed by atoms with Crippen LogP contribution < -0.4 is 0 Å². The summed E-state index contributed by atoms with van der Waals surface area (Å²) in [6.45, 7) is 0.833. The van der Waals surface area contributed by atoms with E-state index in [0.29, 0.717) is 0 Å². The fourth-order valence-electron chi connectivity index (χ4n) is 0. The Morgan fingerprint density at radius 2 is 1.43 bits per heavy atom. The lowest BCUT2D eigenvalue weighted by molar-refractivity contribution is 0.171. The predicted octanol–water partition coefficient (Wildman–Crippen LogP) is 2.69. The normalized spacial score (nSPS) is 7.71. The van der Waals surface area contributed by atoms with Crippen LogP contribution in [0.5, 0.6) is 0 Å². The van der Waals surface area contributed by atoms with E-state index in [-0.39, 0.29) is 5.34 Å². The van der Waals surface area contributed by atoms with Crippen LogP contribution in [0.1, 0.15) is 6.92 Å². The summed E-state index contributed by atoms with van der Waals surface area (Å²) in [4.78, 5) is 0. The van der Waals surface area contributed by atoms with Crippen molar-refractivity contribution in [3.63, 3.8) is 0 Å². The molecule has 0 heterocycles. The van der Waals surface area contributed by atoms with Gasteiger partial charge >= 0.3 is 0 Å². The maximum absolute atomic E-state index is 10.3. The van der Waals surface area contributed by atoms with E-state index in [1.54, 1.807) is 0 Å². The van der Waals surface area contributed by atoms with Crippen LogP contribution in [0.2, 0.25) is 0 Å². The molecule has 0 nitrogen and oxygen atoms in total. The molecule has 0 spiro atoms. The van der Waals surface area contributed by atoms with Crippen molar-refractivity contribution in [2.75, 3.05) is 5.34 Å². The van der Waals surface area contributed by atoms with Crippen molar-refractivity contribution in [3.8, 4) is 0 Å². The van der Waals surface area contributed by atoms with Gasteiger partial charge in [-0.25, -0.2) is 8.78 Å². The molecule has 0 aliphatic carbocycles. The van der Waals surface area contributed by atoms with E-state index in [4.69, 9.17) is 23.2 Å². The van der Waals surface area contributed by atoms with E-state index in [1.807, 2.05) is 0 Å². The monoisotopic (exact) mass is 150 g/mol. The molecule has 46 valence electrons. The van der Waals surface area contributed by atoms with Gasteiger partial charge in [-0.15, -0.1) is 23.2 Å². The van der Waals surface area contributed by atoms with Gasteiger partial charge in [-0.3, -0.25) is 0 Å². The van der Waals surface area contributed by atoms with Gasteiger partial charge in [0, 0.05) is 0 Å². The Morgan fingerprint density at radius 3 is 1.43 bits per heavy atom. The van der Waals surface area contributed by atoms with Crippen LogP contribution in [0.3, 0.4) is 0 Å². The summed E-state index contributed by atoms with van der Waals surface area (Å²) >= 11 is 9.53. The Bertz CT molecular complexity index is 22.1. The lowest BCUT2D eigenvalue weighted by atomic mass is 10.9. The van der Waals surface area contributed by atoms with Gasteiger partial charge in [0.1, 0.15) is 0 Å². The molecule has 0 rings (SSSR count). The van der Waals surface area contributed by atoms with Gasteiger partial charge in [0.15, 0.2) is 0 Å². The first-order valence-corrected chi connectivity index (χ1v) is 2.62. The number of hydrogen-bond acceptors (Lipinski definition) is 0. The zero-order valence-electron chi connectivity index (χ0n) is 3.80. The minimum absolute atomic E-state index is 0.194. The van der Waals surface area contributed by atoms with Gasteiger partial charge in [0.25, 0.3) is 0 Å². The lowest BCUT2D eigenvalue weighted by Crippen LogP contribution is -1.69. The molecule has 0 unspecified atom stereocenters. The SMILES string of the molecule is CC(F)F.ClCCl. The van der Waals surface area contributed by atoms with Gasteiger partial charge in [-0.2, -0.15) is 0 Å². The Kier molecular flexibility index (Phi) is 14.4. The average Bonchev–Trinajstić information content (AvgIpc) is 1.33. The number of rotatable bonds is 0. The molecule has 0 atom stereocenters. The van der Waals surface area contributed by atoms with Gasteiger partial charge < -0.3 is 0 Å². The molecule has 0 saturated carbocycles. The van der Waals surface area contributed by atoms with Crippen molar-refractivity contribution in [1.82, 2.24) is 0 Å². The summed E-state index contributed by atoms with van der Waals surface area (Å²) < 4.78 is 20.7. The van der Waals surface area contributed by atoms with Crippen molar-refractivity contribution < 1.29 is 8.78 Å². The zero-order valence-corrected chi connectivity index (χ0v) is 5.31. The van der Waals surface area contributed by atoms with Crippen molar-refractivity contribution in [2.24, 2.45) is 0 Å². The maximum Gasteiger partial charge on any atom is 0.235 e. The van der Waals surface area contributed by atoms with Crippen LogP contribution in [-0.2, 0) is 0 Å². The van der Waals surface area contributed by atoms with E-state index in [1.165, 1.54) is 0 Å². The number of hydrogen-bond donors (Lipinski definition) is 0. The molecule has 0 amide bonds. The second-order valence-electron chi connectivity index (χ2n) is 0.620. The molecular weight excluding hydrogens is 145 g/mol. The largest absolute Gasteiger partial charge is 0.235 e. The van der Waals surface area contributed by atoms with Crippen LogP contribution in [0.4, 0.5) is 8.78 Å². The molecule has 0 aromatic rings. The third-order valence-electron chi connectivity index (χ3n) is 0. The molecular formula is C3H6Cl2F2. The molecule has 0 aromatic carbocycles. The van der Waals surface area contributed by atoms with Gasteiger partial charge in [0.2, 0.25) is 6.43 Å². The summed E-state index contributed by atoms with van der Waals surface area (Å²) in [5, 5.41) is 0.194. The minimum atomic E-state index is -2.17. The Morgan fingerprint density at radius 1 is 1.43 bits per heavy atom. The Balaban J connectivity index is 0. The Hall–Kier alpha value is 0.440. The van der Waals surface area contributed by atoms with Crippen LogP contribution >= 0.6 is 23.2 Å². The molecule has 0 bridgehead atoms. The predicted molar refractivity (Wildman–Crippen MR) is 28.3 cm³/mol. The second kappa shape index (κ2) is 9.67. The van der Waals surface area contributed by atoms with Crippen LogP contribution in [0.25, 0.3) is 0 Å². The summed E-state index contributed by atoms with van der Waals surface area (Å²) in [5.74, 6) is 0. The maximum atomic E-state index is 10.3. The first-order chi connectivity index (χ1) is 3.15.